The lowest BCUT2D eigenvalue weighted by atomic mass is 9.76. The molecule has 104 valence electrons. The molecule has 0 bridgehead atoms. The Labute approximate surface area is 113 Å². The Balaban J connectivity index is 1.83. The molecular formula is C12H12N4O4. The maximum atomic E-state index is 12.0. The van der Waals surface area contributed by atoms with E-state index < -0.39 is 17.4 Å². The van der Waals surface area contributed by atoms with Crippen molar-refractivity contribution in [1.82, 2.24) is 20.4 Å². The number of hydrogen-bond donors (Lipinski definition) is 3. The highest BCUT2D eigenvalue weighted by atomic mass is 16.5. The third-order valence-corrected chi connectivity index (χ3v) is 3.48. The molecule has 0 atom stereocenters. The van der Waals surface area contributed by atoms with Gasteiger partial charge < -0.3 is 19.9 Å². The molecule has 0 unspecified atom stereocenters. The number of imidazole rings is 1. The van der Waals surface area contributed by atoms with Crippen LogP contribution in [0.15, 0.2) is 23.0 Å². The van der Waals surface area contributed by atoms with Gasteiger partial charge in [-0.05, 0) is 19.3 Å². The second-order valence-electron chi connectivity index (χ2n) is 4.72. The molecule has 2 aromatic heterocycles. The summed E-state index contributed by atoms with van der Waals surface area (Å²) in [6.07, 6.45) is 4.95. The molecule has 3 N–H and O–H groups in total. The van der Waals surface area contributed by atoms with E-state index in [0.717, 1.165) is 6.42 Å². The van der Waals surface area contributed by atoms with E-state index in [1.165, 1.54) is 18.5 Å². The number of aromatic carboxylic acids is 1. The fourth-order valence-electron chi connectivity index (χ4n) is 2.24. The van der Waals surface area contributed by atoms with Crippen LogP contribution in [0.3, 0.4) is 0 Å². The van der Waals surface area contributed by atoms with Crippen LogP contribution in [0.25, 0.3) is 0 Å². The summed E-state index contributed by atoms with van der Waals surface area (Å²) in [5, 5.41) is 15.2. The molecule has 8 nitrogen and oxygen atoms in total. The van der Waals surface area contributed by atoms with E-state index in [-0.39, 0.29) is 11.5 Å². The van der Waals surface area contributed by atoms with Crippen LogP contribution in [0, 0.1) is 0 Å². The minimum absolute atomic E-state index is 0.000175. The fraction of sp³-hybridized carbons (Fsp3) is 0.333. The lowest BCUT2D eigenvalue weighted by molar-refractivity contribution is 0.0690. The molecule has 2 heterocycles. The molecule has 1 aliphatic rings. The van der Waals surface area contributed by atoms with Crippen LogP contribution in [0.5, 0.6) is 0 Å². The maximum absolute atomic E-state index is 12.0. The van der Waals surface area contributed by atoms with E-state index >= 15 is 0 Å². The Morgan fingerprint density at radius 3 is 2.75 bits per heavy atom. The lowest BCUT2D eigenvalue weighted by Gasteiger charge is -2.40. The smallest absolute Gasteiger partial charge is 0.353 e. The monoisotopic (exact) mass is 276 g/mol. The molecular weight excluding hydrogens is 264 g/mol. The second-order valence-corrected chi connectivity index (χ2v) is 4.72. The average molecular weight is 276 g/mol. The van der Waals surface area contributed by atoms with Crippen LogP contribution in [-0.2, 0) is 5.54 Å². The third-order valence-electron chi connectivity index (χ3n) is 3.48. The number of aromatic amines is 1. The van der Waals surface area contributed by atoms with Crippen LogP contribution < -0.4 is 5.32 Å². The maximum Gasteiger partial charge on any atom is 0.353 e. The van der Waals surface area contributed by atoms with Crippen LogP contribution in [0.4, 0.5) is 0 Å². The zero-order valence-electron chi connectivity index (χ0n) is 10.4. The number of nitrogens with one attached hydrogen (secondary N) is 2. The molecule has 0 saturated heterocycles. The van der Waals surface area contributed by atoms with E-state index in [4.69, 9.17) is 9.63 Å². The standard InChI is InChI=1S/C12H12N4O4/c17-9(8-2-5-14-20-8)16-12(3-1-4-12)11-13-6-7(15-11)10(18)19/h2,5-6H,1,3-4H2,(H,13,15)(H,16,17)(H,18,19). The number of amides is 1. The highest BCUT2D eigenvalue weighted by Gasteiger charge is 2.43. The van der Waals surface area contributed by atoms with Crippen molar-refractivity contribution < 1.29 is 19.2 Å². The van der Waals surface area contributed by atoms with Crippen LogP contribution in [0.2, 0.25) is 0 Å². The van der Waals surface area contributed by atoms with Crippen molar-refractivity contribution in [2.24, 2.45) is 0 Å². The average Bonchev–Trinajstić information content (AvgIpc) is 3.03. The van der Waals surface area contributed by atoms with E-state index in [0.29, 0.717) is 18.7 Å². The summed E-state index contributed by atoms with van der Waals surface area (Å²) in [6, 6.07) is 1.46. The van der Waals surface area contributed by atoms with Crippen LogP contribution >= 0.6 is 0 Å². The minimum Gasteiger partial charge on any atom is -0.477 e. The van der Waals surface area contributed by atoms with Crippen LogP contribution in [0.1, 0.15) is 46.1 Å². The Bertz CT molecular complexity index is 642. The van der Waals surface area contributed by atoms with E-state index in [1.54, 1.807) is 0 Å². The number of carboxylic acid groups (broad SMARTS) is 1. The predicted molar refractivity (Wildman–Crippen MR) is 65.0 cm³/mol. The number of H-pyrrole nitrogens is 1. The van der Waals surface area contributed by atoms with Gasteiger partial charge in [-0.15, -0.1) is 0 Å². The van der Waals surface area contributed by atoms with Gasteiger partial charge in [0.25, 0.3) is 5.91 Å². The summed E-state index contributed by atoms with van der Waals surface area (Å²) in [5.74, 6) is -0.912. The van der Waals surface area contributed by atoms with Crippen LogP contribution in [-0.4, -0.2) is 32.1 Å². The molecule has 1 amide bonds. The van der Waals surface area contributed by atoms with Gasteiger partial charge >= 0.3 is 5.97 Å². The molecule has 1 aliphatic carbocycles. The molecule has 20 heavy (non-hydrogen) atoms. The van der Waals surface area contributed by atoms with Crippen molar-refractivity contribution in [3.63, 3.8) is 0 Å². The molecule has 0 aromatic carbocycles. The van der Waals surface area contributed by atoms with E-state index in [9.17, 15) is 9.59 Å². The zero-order chi connectivity index (χ0) is 14.2. The van der Waals surface area contributed by atoms with E-state index in [1.807, 2.05) is 0 Å². The summed E-state index contributed by atoms with van der Waals surface area (Å²) in [6.45, 7) is 0. The van der Waals surface area contributed by atoms with Gasteiger partial charge in [-0.25, -0.2) is 9.78 Å². The number of carbonyl (C=O) groups is 2. The van der Waals surface area contributed by atoms with Gasteiger partial charge in [-0.2, -0.15) is 0 Å². The number of carbonyl (C=O) groups excluding carboxylic acids is 1. The lowest BCUT2D eigenvalue weighted by Crippen LogP contribution is -2.51. The SMILES string of the molecule is O=C(O)c1cnc(C2(NC(=O)c3ccno3)CCC2)[nH]1. The van der Waals surface area contributed by atoms with Gasteiger partial charge in [0.2, 0.25) is 5.76 Å². The Morgan fingerprint density at radius 2 is 2.25 bits per heavy atom. The molecule has 0 radical (unpaired) electrons. The molecule has 2 aromatic rings. The molecule has 1 saturated carbocycles. The van der Waals surface area contributed by atoms with Gasteiger partial charge in [0.1, 0.15) is 11.5 Å². The highest BCUT2D eigenvalue weighted by molar-refractivity contribution is 5.92. The number of aromatic nitrogens is 3. The molecule has 0 spiro atoms. The Hall–Kier alpha value is -2.64. The first-order chi connectivity index (χ1) is 9.61. The van der Waals surface area contributed by atoms with Gasteiger partial charge in [0, 0.05) is 6.07 Å². The summed E-state index contributed by atoms with van der Waals surface area (Å²) < 4.78 is 4.80. The zero-order valence-corrected chi connectivity index (χ0v) is 10.4. The van der Waals surface area contributed by atoms with Crippen molar-refractivity contribution in [3.8, 4) is 0 Å². The van der Waals surface area contributed by atoms with Crippen molar-refractivity contribution in [1.29, 1.82) is 0 Å². The number of rotatable bonds is 4. The van der Waals surface area contributed by atoms with Crippen molar-refractivity contribution >= 4 is 11.9 Å². The molecule has 8 heteroatoms. The first-order valence-corrected chi connectivity index (χ1v) is 6.13. The predicted octanol–water partition coefficient (Wildman–Crippen LogP) is 0.905. The third kappa shape index (κ3) is 1.94. The van der Waals surface area contributed by atoms with Crippen molar-refractivity contribution in [2.75, 3.05) is 0 Å². The van der Waals surface area contributed by atoms with Gasteiger partial charge in [-0.1, -0.05) is 5.16 Å². The molecule has 0 aliphatic heterocycles. The first-order valence-electron chi connectivity index (χ1n) is 6.13. The van der Waals surface area contributed by atoms with Gasteiger partial charge in [0.15, 0.2) is 0 Å². The number of nitrogens with zero attached hydrogens (tertiary/aromatic N) is 2. The summed E-state index contributed by atoms with van der Waals surface area (Å²) in [7, 11) is 0. The summed E-state index contributed by atoms with van der Waals surface area (Å²) >= 11 is 0. The largest absolute Gasteiger partial charge is 0.477 e. The Kier molecular flexibility index (Phi) is 2.78. The number of hydrogen-bond acceptors (Lipinski definition) is 5. The first kappa shape index (κ1) is 12.4. The fourth-order valence-corrected chi connectivity index (χ4v) is 2.24. The highest BCUT2D eigenvalue weighted by Crippen LogP contribution is 2.40. The summed E-state index contributed by atoms with van der Waals surface area (Å²) in [4.78, 5) is 29.7. The van der Waals surface area contributed by atoms with Gasteiger partial charge in [0.05, 0.1) is 17.9 Å². The summed E-state index contributed by atoms with van der Waals surface area (Å²) in [5.41, 5.74) is -0.655. The topological polar surface area (TPSA) is 121 Å². The Morgan fingerprint density at radius 1 is 1.45 bits per heavy atom. The minimum atomic E-state index is -1.08. The normalized spacial score (nSPS) is 16.4. The molecule has 1 fully saturated rings. The quantitative estimate of drug-likeness (QED) is 0.763. The number of carboxylic acids is 1. The second kappa shape index (κ2) is 4.48. The van der Waals surface area contributed by atoms with Crippen molar-refractivity contribution in [2.45, 2.75) is 24.8 Å². The van der Waals surface area contributed by atoms with Crippen molar-refractivity contribution in [3.05, 3.63) is 35.7 Å². The van der Waals surface area contributed by atoms with Gasteiger partial charge in [-0.3, -0.25) is 4.79 Å². The molecule has 3 rings (SSSR count). The van der Waals surface area contributed by atoms with E-state index in [2.05, 4.69) is 20.4 Å².